The maximum atomic E-state index is 13.4. The molecule has 0 unspecified atom stereocenters. The van der Waals surface area contributed by atoms with Crippen LogP contribution >= 0.6 is 0 Å². The first kappa shape index (κ1) is 21.1. The monoisotopic (exact) mass is 416 g/mol. The summed E-state index contributed by atoms with van der Waals surface area (Å²) >= 11 is 0. The lowest BCUT2D eigenvalue weighted by Gasteiger charge is -2.26. The number of rotatable bonds is 6. The molecule has 3 heterocycles. The summed E-state index contributed by atoms with van der Waals surface area (Å²) in [6.07, 6.45) is 7.36. The Labute approximate surface area is 183 Å². The molecule has 0 N–H and O–H groups in total. The van der Waals surface area contributed by atoms with Crippen LogP contribution in [0, 0.1) is 13.8 Å². The number of pyridine rings is 1. The molecule has 4 rings (SSSR count). The Morgan fingerprint density at radius 1 is 1.13 bits per heavy atom. The van der Waals surface area contributed by atoms with Crippen LogP contribution in [0.25, 0.3) is 11.1 Å². The lowest BCUT2D eigenvalue weighted by atomic mass is 9.97. The molecule has 1 fully saturated rings. The van der Waals surface area contributed by atoms with Crippen LogP contribution in [0.1, 0.15) is 58.8 Å². The predicted molar refractivity (Wildman–Crippen MR) is 120 cm³/mol. The molecule has 6 heteroatoms. The first-order chi connectivity index (χ1) is 15.1. The lowest BCUT2D eigenvalue weighted by Crippen LogP contribution is -2.31. The number of hydrogen-bond donors (Lipinski definition) is 0. The summed E-state index contributed by atoms with van der Waals surface area (Å²) in [5.74, 6) is 0.754. The quantitative estimate of drug-likeness (QED) is 0.584. The molecule has 160 valence electrons. The number of carbonyl (C=O) groups excluding carboxylic acids is 1. The maximum absolute atomic E-state index is 13.4. The number of ether oxygens (including phenoxy) is 1. The highest BCUT2D eigenvalue weighted by Gasteiger charge is 2.33. The van der Waals surface area contributed by atoms with E-state index in [9.17, 15) is 4.79 Å². The van der Waals surface area contributed by atoms with Gasteiger partial charge in [0.25, 0.3) is 5.91 Å². The van der Waals surface area contributed by atoms with Gasteiger partial charge in [-0.25, -0.2) is 9.97 Å². The van der Waals surface area contributed by atoms with Crippen molar-refractivity contribution < 1.29 is 9.53 Å². The second kappa shape index (κ2) is 9.35. The number of hydrogen-bond acceptors (Lipinski definition) is 5. The summed E-state index contributed by atoms with van der Waals surface area (Å²) < 4.78 is 5.46. The highest BCUT2D eigenvalue weighted by Crippen LogP contribution is 2.38. The molecule has 1 aliphatic heterocycles. The lowest BCUT2D eigenvalue weighted by molar-refractivity contribution is 0.0733. The highest BCUT2D eigenvalue weighted by molar-refractivity contribution is 5.94. The topological polar surface area (TPSA) is 68.2 Å². The van der Waals surface area contributed by atoms with Crippen molar-refractivity contribution in [2.75, 3.05) is 13.2 Å². The standard InChI is InChI=1S/C25H28N4O2/c1-4-31-16-19-7-9-20(10-8-19)25(30)29-13-5-6-23(29)24-22(15-27-18(3)28-24)21-11-12-26-14-17(21)2/h7-12,14-15,23H,4-6,13,16H2,1-3H3/t23-/m0/s1. The van der Waals surface area contributed by atoms with E-state index in [1.54, 1.807) is 6.20 Å². The van der Waals surface area contributed by atoms with Gasteiger partial charge in [0.1, 0.15) is 5.82 Å². The van der Waals surface area contributed by atoms with Gasteiger partial charge < -0.3 is 9.64 Å². The summed E-state index contributed by atoms with van der Waals surface area (Å²) in [6, 6.07) is 9.64. The van der Waals surface area contributed by atoms with Gasteiger partial charge in [-0.1, -0.05) is 12.1 Å². The normalized spacial score (nSPS) is 16.0. The summed E-state index contributed by atoms with van der Waals surface area (Å²) in [5, 5.41) is 0. The largest absolute Gasteiger partial charge is 0.377 e. The first-order valence-corrected chi connectivity index (χ1v) is 10.8. The van der Waals surface area contributed by atoms with Crippen molar-refractivity contribution >= 4 is 5.91 Å². The van der Waals surface area contributed by atoms with Gasteiger partial charge in [-0.15, -0.1) is 0 Å². The Morgan fingerprint density at radius 3 is 2.68 bits per heavy atom. The fraction of sp³-hybridized carbons (Fsp3) is 0.360. The average molecular weight is 417 g/mol. The third-order valence-corrected chi connectivity index (χ3v) is 5.75. The Hall–Kier alpha value is -3.12. The van der Waals surface area contributed by atoms with E-state index in [4.69, 9.17) is 9.72 Å². The Kier molecular flexibility index (Phi) is 6.37. The molecule has 6 nitrogen and oxygen atoms in total. The third kappa shape index (κ3) is 4.49. The summed E-state index contributed by atoms with van der Waals surface area (Å²) in [4.78, 5) is 28.8. The molecule has 31 heavy (non-hydrogen) atoms. The maximum Gasteiger partial charge on any atom is 0.254 e. The molecule has 1 aromatic carbocycles. The number of benzene rings is 1. The SMILES string of the molecule is CCOCc1ccc(C(=O)N2CCC[C@H]2c2nc(C)ncc2-c2ccncc2C)cc1. The highest BCUT2D eigenvalue weighted by atomic mass is 16.5. The third-order valence-electron chi connectivity index (χ3n) is 5.75. The summed E-state index contributed by atoms with van der Waals surface area (Å²) in [5.41, 5.74) is 5.78. The molecule has 0 saturated carbocycles. The van der Waals surface area contributed by atoms with Crippen LogP contribution in [0.2, 0.25) is 0 Å². The molecule has 1 amide bonds. The zero-order chi connectivity index (χ0) is 21.8. The van der Waals surface area contributed by atoms with Crippen molar-refractivity contribution in [3.05, 3.63) is 77.1 Å². The van der Waals surface area contributed by atoms with Crippen LogP contribution in [0.15, 0.2) is 48.9 Å². The van der Waals surface area contributed by atoms with Gasteiger partial charge in [0.05, 0.1) is 18.3 Å². The number of amides is 1. The van der Waals surface area contributed by atoms with E-state index in [2.05, 4.69) is 9.97 Å². The van der Waals surface area contributed by atoms with Gasteiger partial charge in [0, 0.05) is 42.9 Å². The van der Waals surface area contributed by atoms with E-state index in [1.165, 1.54) is 0 Å². The van der Waals surface area contributed by atoms with Crippen molar-refractivity contribution in [3.8, 4) is 11.1 Å². The smallest absolute Gasteiger partial charge is 0.254 e. The number of likely N-dealkylation sites (tertiary alicyclic amines) is 1. The molecular weight excluding hydrogens is 388 g/mol. The van der Waals surface area contributed by atoms with E-state index in [-0.39, 0.29) is 11.9 Å². The van der Waals surface area contributed by atoms with Gasteiger partial charge in [-0.2, -0.15) is 0 Å². The van der Waals surface area contributed by atoms with Gasteiger partial charge in [0.15, 0.2) is 0 Å². The van der Waals surface area contributed by atoms with Crippen LogP contribution in [-0.4, -0.2) is 38.9 Å². The van der Waals surface area contributed by atoms with E-state index in [1.807, 2.05) is 68.4 Å². The van der Waals surface area contributed by atoms with E-state index in [0.717, 1.165) is 47.3 Å². The van der Waals surface area contributed by atoms with Crippen LogP contribution < -0.4 is 0 Å². The minimum Gasteiger partial charge on any atom is -0.377 e. The van der Waals surface area contributed by atoms with Crippen molar-refractivity contribution in [1.82, 2.24) is 19.9 Å². The average Bonchev–Trinajstić information content (AvgIpc) is 3.28. The second-order valence-corrected chi connectivity index (χ2v) is 7.90. The van der Waals surface area contributed by atoms with Gasteiger partial charge in [-0.05, 0) is 68.5 Å². The van der Waals surface area contributed by atoms with Gasteiger partial charge >= 0.3 is 0 Å². The number of nitrogens with zero attached hydrogens (tertiary/aromatic N) is 4. The number of aryl methyl sites for hydroxylation is 2. The Bertz CT molecular complexity index is 1070. The second-order valence-electron chi connectivity index (χ2n) is 7.90. The number of carbonyl (C=O) groups is 1. The molecule has 1 atom stereocenters. The van der Waals surface area contributed by atoms with E-state index in [0.29, 0.717) is 24.6 Å². The van der Waals surface area contributed by atoms with Gasteiger partial charge in [0.2, 0.25) is 0 Å². The Morgan fingerprint density at radius 2 is 1.94 bits per heavy atom. The van der Waals surface area contributed by atoms with Crippen LogP contribution in [-0.2, 0) is 11.3 Å². The van der Waals surface area contributed by atoms with E-state index >= 15 is 0 Å². The van der Waals surface area contributed by atoms with Gasteiger partial charge in [-0.3, -0.25) is 9.78 Å². The fourth-order valence-corrected chi connectivity index (χ4v) is 4.15. The molecule has 2 aromatic heterocycles. The van der Waals surface area contributed by atoms with Crippen molar-refractivity contribution in [2.24, 2.45) is 0 Å². The van der Waals surface area contributed by atoms with Crippen molar-refractivity contribution in [3.63, 3.8) is 0 Å². The zero-order valence-electron chi connectivity index (χ0n) is 18.3. The molecule has 0 radical (unpaired) electrons. The van der Waals surface area contributed by atoms with Crippen LogP contribution in [0.3, 0.4) is 0 Å². The van der Waals surface area contributed by atoms with E-state index < -0.39 is 0 Å². The van der Waals surface area contributed by atoms with Crippen molar-refractivity contribution in [1.29, 1.82) is 0 Å². The minimum atomic E-state index is -0.0696. The van der Waals surface area contributed by atoms with Crippen LogP contribution in [0.5, 0.6) is 0 Å². The predicted octanol–water partition coefficient (Wildman–Crippen LogP) is 4.67. The van der Waals surface area contributed by atoms with Crippen LogP contribution in [0.4, 0.5) is 0 Å². The molecule has 0 bridgehead atoms. The molecular formula is C25H28N4O2. The molecule has 3 aromatic rings. The first-order valence-electron chi connectivity index (χ1n) is 10.8. The number of aromatic nitrogens is 3. The molecule has 1 saturated heterocycles. The zero-order valence-corrected chi connectivity index (χ0v) is 18.3. The summed E-state index contributed by atoms with van der Waals surface area (Å²) in [6.45, 7) is 7.86. The van der Waals surface area contributed by atoms with Crippen molar-refractivity contribution in [2.45, 2.75) is 46.3 Å². The molecule has 0 spiro atoms. The summed E-state index contributed by atoms with van der Waals surface area (Å²) in [7, 11) is 0. The minimum absolute atomic E-state index is 0.0409. The molecule has 0 aliphatic carbocycles. The molecule has 1 aliphatic rings. The fourth-order valence-electron chi connectivity index (χ4n) is 4.15. The Balaban J connectivity index is 1.65.